The lowest BCUT2D eigenvalue weighted by Gasteiger charge is -2.23. The monoisotopic (exact) mass is 364 g/mol. The minimum Gasteiger partial charge on any atom is -0.463 e. The van der Waals surface area contributed by atoms with Gasteiger partial charge in [-0.05, 0) is 49.1 Å². The fraction of sp³-hybridized carbons (Fsp3) is 0.273. The number of anilines is 1. The number of hydrogen-bond donors (Lipinski definition) is 1. The summed E-state index contributed by atoms with van der Waals surface area (Å²) in [6.07, 6.45) is 5.19. The minimum absolute atomic E-state index is 0.0869. The molecule has 1 N–H and O–H groups in total. The molecule has 0 radical (unpaired) electrons. The van der Waals surface area contributed by atoms with E-state index in [2.05, 4.69) is 5.32 Å². The van der Waals surface area contributed by atoms with E-state index in [4.69, 9.17) is 4.74 Å². The molecule has 1 aliphatic rings. The molecule has 1 aliphatic carbocycles. The van der Waals surface area contributed by atoms with Gasteiger partial charge in [0.25, 0.3) is 0 Å². The molecular weight excluding hydrogens is 340 g/mol. The second-order valence-electron chi connectivity index (χ2n) is 6.48. The molecule has 2 amide bonds. The first-order valence-electron chi connectivity index (χ1n) is 9.22. The molecule has 0 spiro atoms. The average molecular weight is 364 g/mol. The van der Waals surface area contributed by atoms with Crippen molar-refractivity contribution in [3.63, 3.8) is 0 Å². The van der Waals surface area contributed by atoms with Gasteiger partial charge in [0.1, 0.15) is 0 Å². The zero-order valence-corrected chi connectivity index (χ0v) is 15.4. The molecule has 0 unspecified atom stereocenters. The third-order valence-corrected chi connectivity index (χ3v) is 4.30. The van der Waals surface area contributed by atoms with Gasteiger partial charge in [-0.1, -0.05) is 42.5 Å². The highest BCUT2D eigenvalue weighted by Gasteiger charge is 2.32. The highest BCUT2D eigenvalue weighted by atomic mass is 16.5. The molecule has 0 saturated heterocycles. The second-order valence-corrected chi connectivity index (χ2v) is 6.48. The van der Waals surface area contributed by atoms with E-state index in [9.17, 15) is 9.59 Å². The normalized spacial score (nSPS) is 13.4. The molecule has 2 aromatic carbocycles. The fourth-order valence-corrected chi connectivity index (χ4v) is 2.76. The van der Waals surface area contributed by atoms with Gasteiger partial charge in [-0.3, -0.25) is 0 Å². The van der Waals surface area contributed by atoms with Crippen molar-refractivity contribution < 1.29 is 14.3 Å². The van der Waals surface area contributed by atoms with Crippen LogP contribution in [0.5, 0.6) is 0 Å². The summed E-state index contributed by atoms with van der Waals surface area (Å²) in [5.74, 6) is -0.365. The number of nitrogens with one attached hydrogen (secondary N) is 1. The maximum absolute atomic E-state index is 12.7. The number of carbonyl (C=O) groups is 2. The van der Waals surface area contributed by atoms with Gasteiger partial charge in [0.05, 0.1) is 6.61 Å². The first-order chi connectivity index (χ1) is 13.2. The molecular formula is C22H24N2O3. The summed E-state index contributed by atoms with van der Waals surface area (Å²) in [5, 5.41) is 2.97. The molecule has 0 aromatic heterocycles. The molecule has 0 bridgehead atoms. The van der Waals surface area contributed by atoms with Gasteiger partial charge in [0, 0.05) is 24.4 Å². The van der Waals surface area contributed by atoms with Crippen LogP contribution in [0.1, 0.15) is 30.9 Å². The first kappa shape index (κ1) is 18.7. The van der Waals surface area contributed by atoms with Gasteiger partial charge in [0.2, 0.25) is 0 Å². The summed E-state index contributed by atoms with van der Waals surface area (Å²) in [7, 11) is 0. The van der Waals surface area contributed by atoms with Crippen molar-refractivity contribution in [2.24, 2.45) is 0 Å². The van der Waals surface area contributed by atoms with Gasteiger partial charge >= 0.3 is 12.0 Å². The Labute approximate surface area is 159 Å². The Morgan fingerprint density at radius 2 is 1.81 bits per heavy atom. The lowest BCUT2D eigenvalue weighted by atomic mass is 10.2. The molecule has 0 aliphatic heterocycles. The number of hydrogen-bond acceptors (Lipinski definition) is 3. The van der Waals surface area contributed by atoms with E-state index < -0.39 is 0 Å². The van der Waals surface area contributed by atoms with Gasteiger partial charge < -0.3 is 15.0 Å². The molecule has 0 atom stereocenters. The third-order valence-electron chi connectivity index (χ3n) is 4.30. The minimum atomic E-state index is -0.365. The number of esters is 1. The summed E-state index contributed by atoms with van der Waals surface area (Å²) in [4.78, 5) is 26.0. The smallest absolute Gasteiger partial charge is 0.330 e. The van der Waals surface area contributed by atoms with Crippen LogP contribution < -0.4 is 5.32 Å². The van der Waals surface area contributed by atoms with E-state index in [1.165, 1.54) is 6.08 Å². The summed E-state index contributed by atoms with van der Waals surface area (Å²) in [6.45, 7) is 2.73. The number of nitrogens with zero attached hydrogens (tertiary/aromatic N) is 1. The highest BCUT2D eigenvalue weighted by molar-refractivity contribution is 5.90. The van der Waals surface area contributed by atoms with Crippen LogP contribution in [0.15, 0.2) is 60.7 Å². The van der Waals surface area contributed by atoms with Crippen LogP contribution in [0.25, 0.3) is 6.08 Å². The Balaban J connectivity index is 1.60. The first-order valence-corrected chi connectivity index (χ1v) is 9.22. The summed E-state index contributed by atoms with van der Waals surface area (Å²) in [6, 6.07) is 17.6. The van der Waals surface area contributed by atoms with Gasteiger partial charge in [-0.25, -0.2) is 9.59 Å². The molecule has 5 heteroatoms. The zero-order valence-electron chi connectivity index (χ0n) is 15.4. The van der Waals surface area contributed by atoms with Crippen LogP contribution in [0.2, 0.25) is 0 Å². The Hall–Kier alpha value is -3.08. The molecule has 1 saturated carbocycles. The third kappa shape index (κ3) is 5.71. The predicted molar refractivity (Wildman–Crippen MR) is 106 cm³/mol. The van der Waals surface area contributed by atoms with Crippen molar-refractivity contribution in [2.75, 3.05) is 11.9 Å². The zero-order chi connectivity index (χ0) is 19.1. The molecule has 0 heterocycles. The average Bonchev–Trinajstić information content (AvgIpc) is 3.51. The number of rotatable bonds is 7. The molecule has 27 heavy (non-hydrogen) atoms. The largest absolute Gasteiger partial charge is 0.463 e. The number of ether oxygens (including phenoxy) is 1. The Morgan fingerprint density at radius 3 is 2.44 bits per heavy atom. The quantitative estimate of drug-likeness (QED) is 0.583. The van der Waals surface area contributed by atoms with Crippen molar-refractivity contribution in [2.45, 2.75) is 32.4 Å². The van der Waals surface area contributed by atoms with Crippen molar-refractivity contribution in [1.29, 1.82) is 0 Å². The lowest BCUT2D eigenvalue weighted by molar-refractivity contribution is -0.137. The molecule has 2 aromatic rings. The SMILES string of the molecule is CCOC(=O)/C=C\c1ccc(NC(=O)N(Cc2ccccc2)C2CC2)cc1. The highest BCUT2D eigenvalue weighted by Crippen LogP contribution is 2.29. The van der Waals surface area contributed by atoms with E-state index in [0.717, 1.165) is 29.7 Å². The van der Waals surface area contributed by atoms with Crippen LogP contribution in [0.4, 0.5) is 10.5 Å². The van der Waals surface area contributed by atoms with Crippen LogP contribution in [0, 0.1) is 0 Å². The molecule has 5 nitrogen and oxygen atoms in total. The van der Waals surface area contributed by atoms with E-state index in [0.29, 0.717) is 19.2 Å². The van der Waals surface area contributed by atoms with Crippen LogP contribution >= 0.6 is 0 Å². The standard InChI is InChI=1S/C22H24N2O3/c1-2-27-21(25)15-10-17-8-11-19(12-9-17)23-22(26)24(20-13-14-20)16-18-6-4-3-5-7-18/h3-12,15,20H,2,13-14,16H2,1H3,(H,23,26)/b15-10-. The van der Waals surface area contributed by atoms with Crippen molar-refractivity contribution in [1.82, 2.24) is 4.90 Å². The number of carbonyl (C=O) groups excluding carboxylic acids is 2. The van der Waals surface area contributed by atoms with Gasteiger partial charge in [-0.2, -0.15) is 0 Å². The van der Waals surface area contributed by atoms with Gasteiger partial charge in [-0.15, -0.1) is 0 Å². The molecule has 1 fully saturated rings. The van der Waals surface area contributed by atoms with E-state index >= 15 is 0 Å². The second kappa shape index (κ2) is 9.03. The van der Waals surface area contributed by atoms with E-state index in [-0.39, 0.29) is 12.0 Å². The Kier molecular flexibility index (Phi) is 6.26. The maximum Gasteiger partial charge on any atom is 0.330 e. The van der Waals surface area contributed by atoms with E-state index in [1.807, 2.05) is 59.5 Å². The van der Waals surface area contributed by atoms with Crippen molar-refractivity contribution >= 4 is 23.8 Å². The predicted octanol–water partition coefficient (Wildman–Crippen LogP) is 4.46. The molecule has 140 valence electrons. The van der Waals surface area contributed by atoms with Crippen LogP contribution in [-0.4, -0.2) is 29.5 Å². The summed E-state index contributed by atoms with van der Waals surface area (Å²) < 4.78 is 4.86. The summed E-state index contributed by atoms with van der Waals surface area (Å²) in [5.41, 5.74) is 2.72. The van der Waals surface area contributed by atoms with Crippen LogP contribution in [0.3, 0.4) is 0 Å². The van der Waals surface area contributed by atoms with Crippen molar-refractivity contribution in [3.8, 4) is 0 Å². The fourth-order valence-electron chi connectivity index (χ4n) is 2.76. The Bertz CT molecular complexity index is 796. The maximum atomic E-state index is 12.7. The lowest BCUT2D eigenvalue weighted by Crippen LogP contribution is -2.36. The number of amides is 2. The topological polar surface area (TPSA) is 58.6 Å². The van der Waals surface area contributed by atoms with Crippen molar-refractivity contribution in [3.05, 3.63) is 71.8 Å². The molecule has 3 rings (SSSR count). The van der Waals surface area contributed by atoms with Crippen LogP contribution in [-0.2, 0) is 16.1 Å². The van der Waals surface area contributed by atoms with Gasteiger partial charge in [0.15, 0.2) is 0 Å². The number of urea groups is 1. The number of benzene rings is 2. The summed E-state index contributed by atoms with van der Waals surface area (Å²) >= 11 is 0. The van der Waals surface area contributed by atoms with E-state index in [1.54, 1.807) is 13.0 Å². The Morgan fingerprint density at radius 1 is 1.11 bits per heavy atom.